The smallest absolute Gasteiger partial charge is 0.253 e. The Kier molecular flexibility index (Phi) is 4.66. The van der Waals surface area contributed by atoms with E-state index in [0.717, 1.165) is 24.9 Å². The summed E-state index contributed by atoms with van der Waals surface area (Å²) in [6.07, 6.45) is 3.15. The average Bonchev–Trinajstić information content (AvgIpc) is 2.85. The normalized spacial score (nSPS) is 22.3. The first-order valence-electron chi connectivity index (χ1n) is 6.46. The second-order valence-electron chi connectivity index (χ2n) is 4.72. The van der Waals surface area contributed by atoms with Gasteiger partial charge in [0.15, 0.2) is 0 Å². The topological polar surface area (TPSA) is 50.4 Å². The number of halogens is 1. The van der Waals surface area contributed by atoms with E-state index in [1.54, 1.807) is 32.4 Å². The minimum Gasteiger partial charge on any atom is -0.387 e. The Balaban J connectivity index is 2.13. The molecule has 4 nitrogen and oxygen atoms in total. The van der Waals surface area contributed by atoms with Crippen LogP contribution in [-0.4, -0.2) is 32.2 Å². The van der Waals surface area contributed by atoms with E-state index in [4.69, 9.17) is 16.3 Å². The number of ether oxygens (including phenoxy) is 1. The fourth-order valence-corrected chi connectivity index (χ4v) is 2.71. The van der Waals surface area contributed by atoms with E-state index in [-0.39, 0.29) is 18.1 Å². The van der Waals surface area contributed by atoms with E-state index >= 15 is 0 Å². The molecule has 1 aliphatic carbocycles. The number of rotatable bonds is 4. The highest BCUT2D eigenvalue weighted by Crippen LogP contribution is 2.24. The van der Waals surface area contributed by atoms with Crippen LogP contribution in [0.3, 0.4) is 0 Å². The molecular formula is C14H19ClN2O2. The molecule has 104 valence electrons. The highest BCUT2D eigenvalue weighted by Gasteiger charge is 2.29. The number of carbonyl (C=O) groups is 1. The predicted octanol–water partition coefficient (Wildman–Crippen LogP) is 2.68. The molecule has 0 aromatic heterocycles. The largest absolute Gasteiger partial charge is 0.387 e. The summed E-state index contributed by atoms with van der Waals surface area (Å²) >= 11 is 5.96. The second kappa shape index (κ2) is 6.26. The molecule has 1 aliphatic rings. The molecular weight excluding hydrogens is 264 g/mol. The van der Waals surface area contributed by atoms with Gasteiger partial charge in [-0.15, -0.1) is 0 Å². The number of anilines is 1. The Morgan fingerprint density at radius 1 is 1.42 bits per heavy atom. The average molecular weight is 283 g/mol. The zero-order valence-electron chi connectivity index (χ0n) is 11.2. The fraction of sp³-hybridized carbons (Fsp3) is 0.500. The van der Waals surface area contributed by atoms with E-state index in [1.807, 2.05) is 0 Å². The van der Waals surface area contributed by atoms with Gasteiger partial charge in [0.05, 0.1) is 17.7 Å². The minimum atomic E-state index is -0.110. The third-order valence-corrected chi connectivity index (χ3v) is 3.80. The monoisotopic (exact) mass is 282 g/mol. The van der Waals surface area contributed by atoms with E-state index in [0.29, 0.717) is 10.6 Å². The third kappa shape index (κ3) is 3.19. The molecule has 5 heteroatoms. The first-order valence-corrected chi connectivity index (χ1v) is 6.84. The summed E-state index contributed by atoms with van der Waals surface area (Å²) in [6.45, 7) is 0. The quantitative estimate of drug-likeness (QED) is 0.893. The van der Waals surface area contributed by atoms with E-state index < -0.39 is 0 Å². The summed E-state index contributed by atoms with van der Waals surface area (Å²) in [6, 6.07) is 5.33. The van der Waals surface area contributed by atoms with Gasteiger partial charge in [-0.1, -0.05) is 11.6 Å². The van der Waals surface area contributed by atoms with Crippen molar-refractivity contribution in [1.29, 1.82) is 0 Å². The molecule has 1 amide bonds. The van der Waals surface area contributed by atoms with Crippen LogP contribution < -0.4 is 10.6 Å². The SMILES string of the molecule is CNc1ccc(Cl)cc1C(=O)NC1CCCC1OC. The summed E-state index contributed by atoms with van der Waals surface area (Å²) < 4.78 is 5.38. The van der Waals surface area contributed by atoms with Gasteiger partial charge in [-0.2, -0.15) is 0 Å². The van der Waals surface area contributed by atoms with E-state index in [9.17, 15) is 4.79 Å². The molecule has 19 heavy (non-hydrogen) atoms. The van der Waals surface area contributed by atoms with Crippen molar-refractivity contribution in [1.82, 2.24) is 5.32 Å². The molecule has 1 aromatic carbocycles. The van der Waals surface area contributed by atoms with Crippen LogP contribution in [-0.2, 0) is 4.74 Å². The predicted molar refractivity (Wildman–Crippen MR) is 76.9 cm³/mol. The van der Waals surface area contributed by atoms with Crippen molar-refractivity contribution in [3.05, 3.63) is 28.8 Å². The summed E-state index contributed by atoms with van der Waals surface area (Å²) in [4.78, 5) is 12.3. The van der Waals surface area contributed by atoms with Gasteiger partial charge in [0.2, 0.25) is 0 Å². The number of hydrogen-bond acceptors (Lipinski definition) is 3. The van der Waals surface area contributed by atoms with E-state index in [1.165, 1.54) is 0 Å². The second-order valence-corrected chi connectivity index (χ2v) is 5.16. The summed E-state index contributed by atoms with van der Waals surface area (Å²) in [5.74, 6) is -0.110. The first kappa shape index (κ1) is 14.2. The van der Waals surface area contributed by atoms with Crippen molar-refractivity contribution in [2.45, 2.75) is 31.4 Å². The maximum atomic E-state index is 12.3. The lowest BCUT2D eigenvalue weighted by molar-refractivity contribution is 0.0722. The van der Waals surface area contributed by atoms with Crippen LogP contribution in [0.2, 0.25) is 5.02 Å². The lowest BCUT2D eigenvalue weighted by Crippen LogP contribution is -2.40. The molecule has 0 bridgehead atoms. The highest BCUT2D eigenvalue weighted by atomic mass is 35.5. The number of benzene rings is 1. The van der Waals surface area contributed by atoms with Gasteiger partial charge >= 0.3 is 0 Å². The molecule has 2 rings (SSSR count). The maximum Gasteiger partial charge on any atom is 0.253 e. The van der Waals surface area contributed by atoms with Crippen LogP contribution in [0, 0.1) is 0 Å². The van der Waals surface area contributed by atoms with Crippen molar-refractivity contribution in [2.24, 2.45) is 0 Å². The van der Waals surface area contributed by atoms with Crippen LogP contribution in [0.25, 0.3) is 0 Å². The van der Waals surface area contributed by atoms with Crippen LogP contribution in [0.1, 0.15) is 29.6 Å². The third-order valence-electron chi connectivity index (χ3n) is 3.57. The lowest BCUT2D eigenvalue weighted by atomic mass is 10.1. The molecule has 0 heterocycles. The minimum absolute atomic E-state index is 0.0844. The molecule has 1 saturated carbocycles. The summed E-state index contributed by atoms with van der Waals surface area (Å²) in [5, 5.41) is 6.59. The van der Waals surface area contributed by atoms with Crippen molar-refractivity contribution in [3.8, 4) is 0 Å². The van der Waals surface area contributed by atoms with Crippen LogP contribution in [0.5, 0.6) is 0 Å². The number of hydrogen-bond donors (Lipinski definition) is 2. The van der Waals surface area contributed by atoms with Crippen molar-refractivity contribution in [3.63, 3.8) is 0 Å². The van der Waals surface area contributed by atoms with Crippen molar-refractivity contribution in [2.75, 3.05) is 19.5 Å². The Labute approximate surface area is 118 Å². The van der Waals surface area contributed by atoms with Gasteiger partial charge in [-0.05, 0) is 37.5 Å². The molecule has 1 aromatic rings. The Hall–Kier alpha value is -1.26. The van der Waals surface area contributed by atoms with Crippen LogP contribution >= 0.6 is 11.6 Å². The zero-order chi connectivity index (χ0) is 13.8. The lowest BCUT2D eigenvalue weighted by Gasteiger charge is -2.20. The highest BCUT2D eigenvalue weighted by molar-refractivity contribution is 6.31. The molecule has 0 spiro atoms. The Morgan fingerprint density at radius 3 is 2.89 bits per heavy atom. The van der Waals surface area contributed by atoms with Crippen LogP contribution in [0.4, 0.5) is 5.69 Å². The van der Waals surface area contributed by atoms with Gasteiger partial charge in [0.1, 0.15) is 0 Å². The number of amides is 1. The molecule has 2 atom stereocenters. The molecule has 0 saturated heterocycles. The number of methoxy groups -OCH3 is 1. The molecule has 0 radical (unpaired) electrons. The number of carbonyl (C=O) groups excluding carboxylic acids is 1. The standard InChI is InChI=1S/C14H19ClN2O2/c1-16-11-7-6-9(15)8-10(11)14(18)17-12-4-3-5-13(12)19-2/h6-8,12-13,16H,3-5H2,1-2H3,(H,17,18). The number of nitrogens with one attached hydrogen (secondary N) is 2. The Bertz CT molecular complexity index is 465. The maximum absolute atomic E-state index is 12.3. The summed E-state index contributed by atoms with van der Waals surface area (Å²) in [7, 11) is 3.47. The fourth-order valence-electron chi connectivity index (χ4n) is 2.54. The van der Waals surface area contributed by atoms with Crippen molar-refractivity contribution >= 4 is 23.2 Å². The van der Waals surface area contributed by atoms with Gasteiger partial charge in [0, 0.05) is 24.9 Å². The molecule has 1 fully saturated rings. The molecule has 2 unspecified atom stereocenters. The zero-order valence-corrected chi connectivity index (χ0v) is 12.0. The Morgan fingerprint density at radius 2 is 2.21 bits per heavy atom. The van der Waals surface area contributed by atoms with Crippen LogP contribution in [0.15, 0.2) is 18.2 Å². The van der Waals surface area contributed by atoms with Gasteiger partial charge in [-0.3, -0.25) is 4.79 Å². The molecule has 0 aliphatic heterocycles. The van der Waals surface area contributed by atoms with Gasteiger partial charge < -0.3 is 15.4 Å². The first-order chi connectivity index (χ1) is 9.15. The molecule has 2 N–H and O–H groups in total. The van der Waals surface area contributed by atoms with Crippen molar-refractivity contribution < 1.29 is 9.53 Å². The van der Waals surface area contributed by atoms with E-state index in [2.05, 4.69) is 10.6 Å². The summed E-state index contributed by atoms with van der Waals surface area (Å²) in [5.41, 5.74) is 1.34. The van der Waals surface area contributed by atoms with Gasteiger partial charge in [0.25, 0.3) is 5.91 Å². The van der Waals surface area contributed by atoms with Gasteiger partial charge in [-0.25, -0.2) is 0 Å².